The van der Waals surface area contributed by atoms with E-state index >= 15 is 0 Å². The predicted molar refractivity (Wildman–Crippen MR) is 116 cm³/mol. The molecule has 0 radical (unpaired) electrons. The van der Waals surface area contributed by atoms with E-state index in [0.717, 1.165) is 6.07 Å². The van der Waals surface area contributed by atoms with Crippen LogP contribution in [-0.4, -0.2) is 43.8 Å². The second-order valence-electron chi connectivity index (χ2n) is 7.17. The van der Waals surface area contributed by atoms with E-state index in [9.17, 15) is 17.4 Å². The van der Waals surface area contributed by atoms with Crippen LogP contribution in [0.4, 0.5) is 24.7 Å². The number of nitrogens with zero attached hydrogens (tertiary/aromatic N) is 4. The highest BCUT2D eigenvalue weighted by Crippen LogP contribution is 2.34. The highest BCUT2D eigenvalue weighted by Gasteiger charge is 2.32. The van der Waals surface area contributed by atoms with Crippen LogP contribution in [0.2, 0.25) is 5.15 Å². The number of rotatable bonds is 4. The number of nitrogens with one attached hydrogen (secondary N) is 1. The number of pyridine rings is 1. The van der Waals surface area contributed by atoms with Gasteiger partial charge in [-0.1, -0.05) is 23.7 Å². The lowest BCUT2D eigenvalue weighted by atomic mass is 10.0. The standard InChI is InChI=1S/C20H19ClF3N5OS/c1-12-13(3-2-4-15(12)20(22,23)24)10-25-18-14-9-16(29-5-7-31(30)8-6-29)17(21)28-19(14)27-11-26-18/h2-4,9,11H,5-8,10H2,1H3,(H,25,26,27,28). The van der Waals surface area contributed by atoms with Crippen LogP contribution in [0.15, 0.2) is 30.6 Å². The van der Waals surface area contributed by atoms with Crippen molar-refractivity contribution in [1.29, 1.82) is 0 Å². The molecule has 1 aromatic carbocycles. The molecule has 0 spiro atoms. The smallest absolute Gasteiger partial charge is 0.367 e. The minimum atomic E-state index is -4.41. The molecule has 0 amide bonds. The number of fused-ring (bicyclic) bond motifs is 1. The Morgan fingerprint density at radius 1 is 1.23 bits per heavy atom. The minimum Gasteiger partial charge on any atom is -0.367 e. The van der Waals surface area contributed by atoms with Gasteiger partial charge in [0.05, 0.1) is 16.6 Å². The van der Waals surface area contributed by atoms with E-state index in [-0.39, 0.29) is 12.1 Å². The Balaban J connectivity index is 1.64. The maximum Gasteiger partial charge on any atom is 0.416 e. The van der Waals surface area contributed by atoms with Gasteiger partial charge in [-0.2, -0.15) is 13.2 Å². The fraction of sp³-hybridized carbons (Fsp3) is 0.350. The van der Waals surface area contributed by atoms with Crippen molar-refractivity contribution in [3.63, 3.8) is 0 Å². The van der Waals surface area contributed by atoms with Gasteiger partial charge in [-0.05, 0) is 30.2 Å². The Morgan fingerprint density at radius 3 is 2.68 bits per heavy atom. The van der Waals surface area contributed by atoms with Gasteiger partial charge in [0.2, 0.25) is 0 Å². The summed E-state index contributed by atoms with van der Waals surface area (Å²) in [7, 11) is -0.830. The molecule has 11 heteroatoms. The van der Waals surface area contributed by atoms with E-state index in [0.29, 0.717) is 57.9 Å². The van der Waals surface area contributed by atoms with Gasteiger partial charge in [-0.3, -0.25) is 4.21 Å². The van der Waals surface area contributed by atoms with Gasteiger partial charge in [0.25, 0.3) is 0 Å². The first-order valence-corrected chi connectivity index (χ1v) is 11.4. The maximum absolute atomic E-state index is 13.2. The first-order valence-electron chi connectivity index (χ1n) is 9.55. The van der Waals surface area contributed by atoms with E-state index in [2.05, 4.69) is 20.3 Å². The summed E-state index contributed by atoms with van der Waals surface area (Å²) in [4.78, 5) is 14.8. The van der Waals surface area contributed by atoms with Crippen molar-refractivity contribution < 1.29 is 17.4 Å². The lowest BCUT2D eigenvalue weighted by Gasteiger charge is -2.29. The van der Waals surface area contributed by atoms with Gasteiger partial charge >= 0.3 is 6.18 Å². The number of hydrogen-bond donors (Lipinski definition) is 1. The van der Waals surface area contributed by atoms with Crippen LogP contribution in [0.1, 0.15) is 16.7 Å². The third-order valence-corrected chi connectivity index (χ3v) is 6.83. The third-order valence-electron chi connectivity index (χ3n) is 5.28. The largest absolute Gasteiger partial charge is 0.416 e. The summed E-state index contributed by atoms with van der Waals surface area (Å²) in [6, 6.07) is 5.93. The number of aromatic nitrogens is 3. The molecule has 3 aromatic rings. The maximum atomic E-state index is 13.2. The minimum absolute atomic E-state index is 0.155. The third kappa shape index (κ3) is 4.59. The zero-order valence-corrected chi connectivity index (χ0v) is 18.1. The van der Waals surface area contributed by atoms with Gasteiger partial charge in [0.1, 0.15) is 12.1 Å². The van der Waals surface area contributed by atoms with E-state index in [1.807, 2.05) is 11.0 Å². The second-order valence-corrected chi connectivity index (χ2v) is 9.22. The summed E-state index contributed by atoms with van der Waals surface area (Å²) in [5.41, 5.74) is 1.11. The molecule has 1 aliphatic rings. The molecule has 164 valence electrons. The van der Waals surface area contributed by atoms with Crippen molar-refractivity contribution in [1.82, 2.24) is 15.0 Å². The number of alkyl halides is 3. The molecule has 2 aromatic heterocycles. The molecule has 1 aliphatic heterocycles. The van der Waals surface area contributed by atoms with E-state index in [1.165, 1.54) is 19.3 Å². The number of hydrogen-bond acceptors (Lipinski definition) is 6. The summed E-state index contributed by atoms with van der Waals surface area (Å²) >= 11 is 6.36. The van der Waals surface area contributed by atoms with Crippen LogP contribution in [-0.2, 0) is 23.5 Å². The zero-order chi connectivity index (χ0) is 22.2. The highest BCUT2D eigenvalue weighted by atomic mass is 35.5. The van der Waals surface area contributed by atoms with Gasteiger partial charge in [0, 0.05) is 41.9 Å². The predicted octanol–water partition coefficient (Wildman–Crippen LogP) is 4.19. The second kappa shape index (κ2) is 8.58. The van der Waals surface area contributed by atoms with Crippen molar-refractivity contribution in [3.05, 3.63) is 52.4 Å². The first-order chi connectivity index (χ1) is 14.7. The Labute approximate surface area is 184 Å². The van der Waals surface area contributed by atoms with Gasteiger partial charge < -0.3 is 10.2 Å². The van der Waals surface area contributed by atoms with Crippen molar-refractivity contribution >= 4 is 44.9 Å². The fourth-order valence-corrected chi connectivity index (χ4v) is 4.86. The molecular formula is C20H19ClF3N5OS. The zero-order valence-electron chi connectivity index (χ0n) is 16.5. The molecule has 0 aliphatic carbocycles. The van der Waals surface area contributed by atoms with E-state index in [1.54, 1.807) is 6.07 Å². The van der Waals surface area contributed by atoms with Crippen LogP contribution < -0.4 is 10.2 Å². The van der Waals surface area contributed by atoms with E-state index in [4.69, 9.17) is 11.6 Å². The first kappa shape index (κ1) is 21.8. The summed E-state index contributed by atoms with van der Waals surface area (Å²) in [5, 5.41) is 4.01. The summed E-state index contributed by atoms with van der Waals surface area (Å²) < 4.78 is 51.3. The molecule has 1 N–H and O–H groups in total. The summed E-state index contributed by atoms with van der Waals surface area (Å²) in [5.74, 6) is 1.56. The number of benzene rings is 1. The van der Waals surface area contributed by atoms with E-state index < -0.39 is 22.5 Å². The molecule has 0 atom stereocenters. The van der Waals surface area contributed by atoms with Crippen LogP contribution in [0, 0.1) is 6.92 Å². The van der Waals surface area contributed by atoms with Gasteiger partial charge in [-0.25, -0.2) is 15.0 Å². The Kier molecular flexibility index (Phi) is 6.02. The molecule has 0 bridgehead atoms. The van der Waals surface area contributed by atoms with Crippen molar-refractivity contribution in [2.24, 2.45) is 0 Å². The van der Waals surface area contributed by atoms with Crippen LogP contribution >= 0.6 is 11.6 Å². The molecule has 4 rings (SSSR count). The lowest BCUT2D eigenvalue weighted by molar-refractivity contribution is -0.138. The molecule has 0 unspecified atom stereocenters. The molecule has 3 heterocycles. The fourth-order valence-electron chi connectivity index (χ4n) is 3.56. The molecule has 6 nitrogen and oxygen atoms in total. The quantitative estimate of drug-likeness (QED) is 0.578. The topological polar surface area (TPSA) is 71.0 Å². The Morgan fingerprint density at radius 2 is 1.97 bits per heavy atom. The molecule has 1 fully saturated rings. The summed E-state index contributed by atoms with van der Waals surface area (Å²) in [6.07, 6.45) is -3.08. The van der Waals surface area contributed by atoms with Crippen LogP contribution in [0.5, 0.6) is 0 Å². The number of anilines is 2. The Hall–Kier alpha value is -2.46. The average Bonchev–Trinajstić information content (AvgIpc) is 2.72. The molecule has 31 heavy (non-hydrogen) atoms. The van der Waals surface area contributed by atoms with Crippen LogP contribution in [0.25, 0.3) is 11.0 Å². The average molecular weight is 470 g/mol. The monoisotopic (exact) mass is 469 g/mol. The lowest BCUT2D eigenvalue weighted by Crippen LogP contribution is -2.38. The van der Waals surface area contributed by atoms with Crippen molar-refractivity contribution in [3.8, 4) is 0 Å². The summed E-state index contributed by atoms with van der Waals surface area (Å²) in [6.45, 7) is 2.80. The molecule has 0 saturated carbocycles. The highest BCUT2D eigenvalue weighted by molar-refractivity contribution is 7.85. The van der Waals surface area contributed by atoms with Crippen molar-refractivity contribution in [2.75, 3.05) is 34.8 Å². The van der Waals surface area contributed by atoms with Gasteiger partial charge in [0.15, 0.2) is 10.8 Å². The van der Waals surface area contributed by atoms with Crippen LogP contribution in [0.3, 0.4) is 0 Å². The van der Waals surface area contributed by atoms with Gasteiger partial charge in [-0.15, -0.1) is 0 Å². The Bertz CT molecular complexity index is 1150. The van der Waals surface area contributed by atoms with Crippen molar-refractivity contribution in [2.45, 2.75) is 19.6 Å². The number of halogens is 4. The normalized spacial score (nSPS) is 15.5. The molecule has 1 saturated heterocycles. The SMILES string of the molecule is Cc1c(CNc2ncnc3nc(Cl)c(N4CCS(=O)CC4)cc23)cccc1C(F)(F)F. The molecular weight excluding hydrogens is 451 g/mol.